The van der Waals surface area contributed by atoms with Crippen LogP contribution in [0.3, 0.4) is 0 Å². The van der Waals surface area contributed by atoms with Gasteiger partial charge < -0.3 is 0 Å². The fourth-order valence-corrected chi connectivity index (χ4v) is 1.98. The van der Waals surface area contributed by atoms with Gasteiger partial charge in [-0.2, -0.15) is 0 Å². The maximum atomic E-state index is 2.42. The van der Waals surface area contributed by atoms with Crippen molar-refractivity contribution in [3.63, 3.8) is 0 Å². The van der Waals surface area contributed by atoms with Gasteiger partial charge in [-0.3, -0.25) is 0 Å². The molecule has 11 heavy (non-hydrogen) atoms. The SMILES string of the molecule is CC1=CCCC(C)(C)CC1C. The second-order valence-electron chi connectivity index (χ2n) is 4.76. The third kappa shape index (κ3) is 2.36. The zero-order chi connectivity index (χ0) is 8.48. The molecule has 0 aromatic carbocycles. The van der Waals surface area contributed by atoms with Gasteiger partial charge in [0.1, 0.15) is 0 Å². The van der Waals surface area contributed by atoms with Crippen molar-refractivity contribution < 1.29 is 0 Å². The van der Waals surface area contributed by atoms with Gasteiger partial charge in [0.05, 0.1) is 0 Å². The third-order valence-electron chi connectivity index (χ3n) is 2.92. The second-order valence-corrected chi connectivity index (χ2v) is 4.76. The van der Waals surface area contributed by atoms with Crippen LogP contribution in [0.25, 0.3) is 0 Å². The number of rotatable bonds is 0. The molecule has 0 nitrogen and oxygen atoms in total. The van der Waals surface area contributed by atoms with E-state index in [1.807, 2.05) is 0 Å². The number of hydrogen-bond acceptors (Lipinski definition) is 0. The number of allylic oxidation sites excluding steroid dienone is 2. The molecule has 0 bridgehead atoms. The maximum absolute atomic E-state index is 2.42. The van der Waals surface area contributed by atoms with Crippen LogP contribution in [0.4, 0.5) is 0 Å². The zero-order valence-electron chi connectivity index (χ0n) is 8.28. The first-order valence-electron chi connectivity index (χ1n) is 4.68. The molecule has 0 aromatic rings. The van der Waals surface area contributed by atoms with Crippen molar-refractivity contribution in [2.45, 2.75) is 47.0 Å². The molecule has 0 radical (unpaired) electrons. The maximum Gasteiger partial charge on any atom is -0.0229 e. The van der Waals surface area contributed by atoms with Crippen molar-refractivity contribution in [3.05, 3.63) is 11.6 Å². The Balaban J connectivity index is 2.66. The lowest BCUT2D eigenvalue weighted by Crippen LogP contribution is -2.13. The predicted molar refractivity (Wildman–Crippen MR) is 50.6 cm³/mol. The Bertz CT molecular complexity index is 163. The van der Waals surface area contributed by atoms with Crippen LogP contribution in [0.5, 0.6) is 0 Å². The predicted octanol–water partition coefficient (Wildman–Crippen LogP) is 3.78. The van der Waals surface area contributed by atoms with E-state index in [1.54, 1.807) is 5.57 Å². The van der Waals surface area contributed by atoms with Crippen molar-refractivity contribution >= 4 is 0 Å². The Morgan fingerprint density at radius 3 is 2.73 bits per heavy atom. The van der Waals surface area contributed by atoms with Crippen molar-refractivity contribution in [2.75, 3.05) is 0 Å². The van der Waals surface area contributed by atoms with Crippen molar-refractivity contribution in [3.8, 4) is 0 Å². The average molecular weight is 152 g/mol. The van der Waals surface area contributed by atoms with Crippen molar-refractivity contribution in [1.82, 2.24) is 0 Å². The summed E-state index contributed by atoms with van der Waals surface area (Å²) in [5.41, 5.74) is 2.16. The second kappa shape index (κ2) is 3.00. The molecule has 1 aliphatic rings. The summed E-state index contributed by atoms with van der Waals surface area (Å²) >= 11 is 0. The van der Waals surface area contributed by atoms with Crippen molar-refractivity contribution in [1.29, 1.82) is 0 Å². The summed E-state index contributed by atoms with van der Waals surface area (Å²) in [7, 11) is 0. The van der Waals surface area contributed by atoms with Gasteiger partial charge in [0, 0.05) is 0 Å². The highest BCUT2D eigenvalue weighted by atomic mass is 14.3. The highest BCUT2D eigenvalue weighted by molar-refractivity contribution is 5.05. The van der Waals surface area contributed by atoms with Gasteiger partial charge in [0.2, 0.25) is 0 Å². The van der Waals surface area contributed by atoms with Gasteiger partial charge in [-0.1, -0.05) is 32.4 Å². The summed E-state index contributed by atoms with van der Waals surface area (Å²) in [5.74, 6) is 0.799. The Kier molecular flexibility index (Phi) is 2.41. The molecule has 0 aliphatic heterocycles. The van der Waals surface area contributed by atoms with Gasteiger partial charge in [-0.25, -0.2) is 0 Å². The van der Waals surface area contributed by atoms with E-state index in [1.165, 1.54) is 19.3 Å². The first kappa shape index (κ1) is 8.83. The molecule has 1 aliphatic carbocycles. The monoisotopic (exact) mass is 152 g/mol. The third-order valence-corrected chi connectivity index (χ3v) is 2.92. The minimum atomic E-state index is 0.563. The molecular weight excluding hydrogens is 132 g/mol. The molecule has 0 aromatic heterocycles. The Morgan fingerprint density at radius 2 is 2.09 bits per heavy atom. The minimum Gasteiger partial charge on any atom is -0.0853 e. The van der Waals surface area contributed by atoms with Crippen LogP contribution < -0.4 is 0 Å². The van der Waals surface area contributed by atoms with E-state index in [-0.39, 0.29) is 0 Å². The van der Waals surface area contributed by atoms with Crippen LogP contribution >= 0.6 is 0 Å². The van der Waals surface area contributed by atoms with Crippen LogP contribution in [-0.4, -0.2) is 0 Å². The molecule has 0 fully saturated rings. The van der Waals surface area contributed by atoms with E-state index in [9.17, 15) is 0 Å². The minimum absolute atomic E-state index is 0.563. The summed E-state index contributed by atoms with van der Waals surface area (Å²) in [4.78, 5) is 0. The van der Waals surface area contributed by atoms with Gasteiger partial charge in [0.15, 0.2) is 0 Å². The van der Waals surface area contributed by atoms with Gasteiger partial charge in [-0.05, 0) is 37.5 Å². The van der Waals surface area contributed by atoms with Gasteiger partial charge in [-0.15, -0.1) is 0 Å². The molecule has 0 saturated heterocycles. The molecule has 0 heterocycles. The van der Waals surface area contributed by atoms with E-state index < -0.39 is 0 Å². The standard InChI is InChI=1S/C11H20/c1-9-6-5-7-11(3,4)8-10(9)2/h6,10H,5,7-8H2,1-4H3. The Labute approximate surface area is 70.7 Å². The summed E-state index contributed by atoms with van der Waals surface area (Å²) in [6.07, 6.45) is 6.41. The molecule has 1 unspecified atom stereocenters. The van der Waals surface area contributed by atoms with E-state index in [0.29, 0.717) is 5.41 Å². The summed E-state index contributed by atoms with van der Waals surface area (Å²) in [5, 5.41) is 0. The van der Waals surface area contributed by atoms with E-state index in [0.717, 1.165) is 5.92 Å². The van der Waals surface area contributed by atoms with E-state index >= 15 is 0 Å². The molecule has 0 spiro atoms. The summed E-state index contributed by atoms with van der Waals surface area (Å²) in [6, 6.07) is 0. The first-order chi connectivity index (χ1) is 5.01. The molecule has 0 amide bonds. The molecule has 1 rings (SSSR count). The van der Waals surface area contributed by atoms with E-state index in [2.05, 4.69) is 33.8 Å². The summed E-state index contributed by atoms with van der Waals surface area (Å²) < 4.78 is 0. The van der Waals surface area contributed by atoms with Crippen LogP contribution in [0.15, 0.2) is 11.6 Å². The Hall–Kier alpha value is -0.260. The van der Waals surface area contributed by atoms with Crippen molar-refractivity contribution in [2.24, 2.45) is 11.3 Å². The average Bonchev–Trinajstić information content (AvgIpc) is 1.93. The highest BCUT2D eigenvalue weighted by Gasteiger charge is 2.23. The molecule has 0 heteroatoms. The fourth-order valence-electron chi connectivity index (χ4n) is 1.98. The Morgan fingerprint density at radius 1 is 1.45 bits per heavy atom. The molecule has 0 saturated carbocycles. The fraction of sp³-hybridized carbons (Fsp3) is 0.818. The molecule has 0 N–H and O–H groups in total. The quantitative estimate of drug-likeness (QED) is 0.463. The van der Waals surface area contributed by atoms with Gasteiger partial charge in [0.25, 0.3) is 0 Å². The summed E-state index contributed by atoms with van der Waals surface area (Å²) in [6.45, 7) is 9.39. The lowest BCUT2D eigenvalue weighted by molar-refractivity contribution is 0.284. The normalized spacial score (nSPS) is 30.9. The van der Waals surface area contributed by atoms with Crippen LogP contribution in [0, 0.1) is 11.3 Å². The van der Waals surface area contributed by atoms with E-state index in [4.69, 9.17) is 0 Å². The zero-order valence-corrected chi connectivity index (χ0v) is 8.28. The molecule has 64 valence electrons. The lowest BCUT2D eigenvalue weighted by atomic mass is 9.80. The number of hydrogen-bond donors (Lipinski definition) is 0. The van der Waals surface area contributed by atoms with Gasteiger partial charge >= 0.3 is 0 Å². The smallest absolute Gasteiger partial charge is 0.0229 e. The topological polar surface area (TPSA) is 0 Å². The first-order valence-corrected chi connectivity index (χ1v) is 4.68. The van der Waals surface area contributed by atoms with Crippen LogP contribution in [0.1, 0.15) is 47.0 Å². The largest absolute Gasteiger partial charge is 0.0853 e. The molecular formula is C11H20. The molecule has 1 atom stereocenters. The van der Waals surface area contributed by atoms with Crippen LogP contribution in [-0.2, 0) is 0 Å². The van der Waals surface area contributed by atoms with Crippen LogP contribution in [0.2, 0.25) is 0 Å². The highest BCUT2D eigenvalue weighted by Crippen LogP contribution is 2.36. The lowest BCUT2D eigenvalue weighted by Gasteiger charge is -2.25.